The minimum absolute atomic E-state index is 0.0423. The molecule has 1 aromatic heterocycles. The molecule has 0 saturated heterocycles. The van der Waals surface area contributed by atoms with E-state index in [-0.39, 0.29) is 5.69 Å². The topological polar surface area (TPSA) is 84.2 Å². The van der Waals surface area contributed by atoms with Gasteiger partial charge in [0.15, 0.2) is 0 Å². The number of nitrogens with one attached hydrogen (secondary N) is 1. The predicted octanol–water partition coefficient (Wildman–Crippen LogP) is 3.22. The largest absolute Gasteiger partial charge is 0.278 e. The Kier molecular flexibility index (Phi) is 2.96. The van der Waals surface area contributed by atoms with Gasteiger partial charge in [0.2, 0.25) is 0 Å². The number of nitro benzene ring substituents is 1. The van der Waals surface area contributed by atoms with Gasteiger partial charge in [0.05, 0.1) is 27.9 Å². The van der Waals surface area contributed by atoms with E-state index in [1.165, 1.54) is 12.3 Å². The van der Waals surface area contributed by atoms with Crippen LogP contribution in [0.2, 0.25) is 0 Å². The minimum atomic E-state index is -0.416. The molecule has 1 heterocycles. The summed E-state index contributed by atoms with van der Waals surface area (Å²) in [7, 11) is 0. The highest BCUT2D eigenvalue weighted by molar-refractivity contribution is 5.88. The van der Waals surface area contributed by atoms with Crippen LogP contribution in [0.15, 0.2) is 53.7 Å². The van der Waals surface area contributed by atoms with Crippen LogP contribution in [0.1, 0.15) is 5.56 Å². The van der Waals surface area contributed by atoms with Crippen molar-refractivity contribution in [2.24, 2.45) is 4.99 Å². The van der Waals surface area contributed by atoms with Crippen molar-refractivity contribution in [2.75, 3.05) is 0 Å². The quantitative estimate of drug-likeness (QED) is 0.448. The van der Waals surface area contributed by atoms with E-state index >= 15 is 0 Å². The molecule has 0 spiro atoms. The average molecular weight is 266 g/mol. The minimum Gasteiger partial charge on any atom is -0.278 e. The molecule has 2 aromatic carbocycles. The number of hydrogen-bond donors (Lipinski definition) is 1. The van der Waals surface area contributed by atoms with Gasteiger partial charge in [0.25, 0.3) is 5.69 Å². The van der Waals surface area contributed by atoms with Gasteiger partial charge in [-0.1, -0.05) is 12.1 Å². The van der Waals surface area contributed by atoms with E-state index in [0.29, 0.717) is 5.56 Å². The first-order chi connectivity index (χ1) is 9.74. The Labute approximate surface area is 113 Å². The molecule has 6 heteroatoms. The number of hydrogen-bond acceptors (Lipinski definition) is 4. The maximum absolute atomic E-state index is 10.9. The monoisotopic (exact) mass is 266 g/mol. The van der Waals surface area contributed by atoms with E-state index < -0.39 is 4.92 Å². The van der Waals surface area contributed by atoms with Crippen molar-refractivity contribution in [2.45, 2.75) is 0 Å². The van der Waals surface area contributed by atoms with Crippen LogP contribution in [0, 0.1) is 10.1 Å². The van der Waals surface area contributed by atoms with Gasteiger partial charge in [-0.25, -0.2) is 0 Å². The molecular weight excluding hydrogens is 256 g/mol. The van der Waals surface area contributed by atoms with E-state index in [0.717, 1.165) is 16.6 Å². The molecule has 0 fully saturated rings. The average Bonchev–Trinajstić information content (AvgIpc) is 2.92. The number of nitrogens with zero attached hydrogens (tertiary/aromatic N) is 3. The highest BCUT2D eigenvalue weighted by Gasteiger charge is 2.09. The number of rotatable bonds is 3. The Morgan fingerprint density at radius 3 is 2.95 bits per heavy atom. The SMILES string of the molecule is O=[N+]([O-])c1ccccc1C=Nc1ccc2[nH]ncc2c1. The lowest BCUT2D eigenvalue weighted by Crippen LogP contribution is -1.93. The molecule has 6 nitrogen and oxygen atoms in total. The van der Waals surface area contributed by atoms with Gasteiger partial charge in [-0.3, -0.25) is 20.2 Å². The van der Waals surface area contributed by atoms with E-state index in [9.17, 15) is 10.1 Å². The van der Waals surface area contributed by atoms with Crippen molar-refractivity contribution >= 4 is 28.5 Å². The lowest BCUT2D eigenvalue weighted by molar-refractivity contribution is -0.385. The van der Waals surface area contributed by atoms with Gasteiger partial charge in [0, 0.05) is 17.7 Å². The lowest BCUT2D eigenvalue weighted by Gasteiger charge is -1.97. The third kappa shape index (κ3) is 2.26. The second-order valence-electron chi connectivity index (χ2n) is 4.22. The van der Waals surface area contributed by atoms with Crippen LogP contribution in [-0.4, -0.2) is 21.3 Å². The van der Waals surface area contributed by atoms with E-state index in [4.69, 9.17) is 0 Å². The van der Waals surface area contributed by atoms with Crippen LogP contribution in [0.25, 0.3) is 10.9 Å². The van der Waals surface area contributed by atoms with Gasteiger partial charge in [-0.15, -0.1) is 0 Å². The Morgan fingerprint density at radius 2 is 2.10 bits per heavy atom. The molecular formula is C14H10N4O2. The van der Waals surface area contributed by atoms with Crippen molar-refractivity contribution in [1.82, 2.24) is 10.2 Å². The molecule has 0 amide bonds. The Hall–Kier alpha value is -3.02. The van der Waals surface area contributed by atoms with Gasteiger partial charge in [0.1, 0.15) is 0 Å². The summed E-state index contributed by atoms with van der Waals surface area (Å²) in [5.41, 5.74) is 2.16. The first-order valence-corrected chi connectivity index (χ1v) is 5.95. The molecule has 0 unspecified atom stereocenters. The maximum atomic E-state index is 10.9. The zero-order chi connectivity index (χ0) is 13.9. The van der Waals surface area contributed by atoms with Gasteiger partial charge >= 0.3 is 0 Å². The maximum Gasteiger partial charge on any atom is 0.278 e. The summed E-state index contributed by atoms with van der Waals surface area (Å²) in [6.45, 7) is 0. The molecule has 0 radical (unpaired) electrons. The summed E-state index contributed by atoms with van der Waals surface area (Å²) >= 11 is 0. The number of para-hydroxylation sites is 1. The summed E-state index contributed by atoms with van der Waals surface area (Å²) in [5, 5.41) is 18.6. The summed E-state index contributed by atoms with van der Waals surface area (Å²) in [5.74, 6) is 0. The third-order valence-electron chi connectivity index (χ3n) is 2.91. The smallest absolute Gasteiger partial charge is 0.278 e. The fourth-order valence-corrected chi connectivity index (χ4v) is 1.92. The van der Waals surface area contributed by atoms with Gasteiger partial charge in [-0.2, -0.15) is 5.10 Å². The first kappa shape index (κ1) is 12.0. The van der Waals surface area contributed by atoms with Crippen molar-refractivity contribution in [3.63, 3.8) is 0 Å². The van der Waals surface area contributed by atoms with E-state index in [1.807, 2.05) is 18.2 Å². The predicted molar refractivity (Wildman–Crippen MR) is 76.4 cm³/mol. The Morgan fingerprint density at radius 1 is 1.25 bits per heavy atom. The number of nitro groups is 1. The van der Waals surface area contributed by atoms with E-state index in [2.05, 4.69) is 15.2 Å². The summed E-state index contributed by atoms with van der Waals surface area (Å²) in [4.78, 5) is 14.8. The molecule has 0 aliphatic carbocycles. The summed E-state index contributed by atoms with van der Waals surface area (Å²) < 4.78 is 0. The van der Waals surface area contributed by atoms with E-state index in [1.54, 1.807) is 24.4 Å². The zero-order valence-corrected chi connectivity index (χ0v) is 10.4. The third-order valence-corrected chi connectivity index (χ3v) is 2.91. The fraction of sp³-hybridized carbons (Fsp3) is 0. The molecule has 0 bridgehead atoms. The summed E-state index contributed by atoms with van der Waals surface area (Å²) in [6, 6.07) is 12.1. The van der Waals surface area contributed by atoms with Crippen LogP contribution in [-0.2, 0) is 0 Å². The van der Waals surface area contributed by atoms with Crippen LogP contribution in [0.4, 0.5) is 11.4 Å². The standard InChI is InChI=1S/C14H10N4O2/c19-18(20)14-4-2-1-3-10(14)8-15-12-5-6-13-11(7-12)9-16-17-13/h1-9H,(H,16,17). The lowest BCUT2D eigenvalue weighted by atomic mass is 10.2. The molecule has 98 valence electrons. The normalized spacial score (nSPS) is 11.2. The Balaban J connectivity index is 1.95. The number of aromatic amines is 1. The van der Waals surface area contributed by atoms with Crippen LogP contribution in [0.3, 0.4) is 0 Å². The number of aliphatic imine (C=N–C) groups is 1. The molecule has 20 heavy (non-hydrogen) atoms. The number of benzene rings is 2. The number of fused-ring (bicyclic) bond motifs is 1. The molecule has 0 saturated carbocycles. The molecule has 0 aliphatic heterocycles. The second-order valence-corrected chi connectivity index (χ2v) is 4.22. The zero-order valence-electron chi connectivity index (χ0n) is 10.4. The van der Waals surface area contributed by atoms with Gasteiger partial charge in [-0.05, 0) is 24.3 Å². The van der Waals surface area contributed by atoms with Crippen molar-refractivity contribution < 1.29 is 4.92 Å². The highest BCUT2D eigenvalue weighted by Crippen LogP contribution is 2.21. The van der Waals surface area contributed by atoms with Crippen LogP contribution in [0.5, 0.6) is 0 Å². The van der Waals surface area contributed by atoms with Crippen molar-refractivity contribution in [3.8, 4) is 0 Å². The van der Waals surface area contributed by atoms with Gasteiger partial charge < -0.3 is 0 Å². The molecule has 3 rings (SSSR count). The molecule has 1 N–H and O–H groups in total. The number of H-pyrrole nitrogens is 1. The molecule has 3 aromatic rings. The molecule has 0 atom stereocenters. The van der Waals surface area contributed by atoms with Crippen molar-refractivity contribution in [3.05, 3.63) is 64.3 Å². The van der Waals surface area contributed by atoms with Crippen molar-refractivity contribution in [1.29, 1.82) is 0 Å². The fourth-order valence-electron chi connectivity index (χ4n) is 1.92. The first-order valence-electron chi connectivity index (χ1n) is 5.95. The highest BCUT2D eigenvalue weighted by atomic mass is 16.6. The van der Waals surface area contributed by atoms with Crippen LogP contribution >= 0.6 is 0 Å². The second kappa shape index (κ2) is 4.93. The van der Waals surface area contributed by atoms with Crippen LogP contribution < -0.4 is 0 Å². The number of aromatic nitrogens is 2. The summed E-state index contributed by atoms with van der Waals surface area (Å²) in [6.07, 6.45) is 3.21. The Bertz CT molecular complexity index is 808. The molecule has 0 aliphatic rings.